The van der Waals surface area contributed by atoms with Crippen LogP contribution in [0.2, 0.25) is 0 Å². The first-order valence-electron chi connectivity index (χ1n) is 6.58. The molecule has 0 radical (unpaired) electrons. The van der Waals surface area contributed by atoms with Crippen LogP contribution >= 0.6 is 15.9 Å². The van der Waals surface area contributed by atoms with Gasteiger partial charge >= 0.3 is 0 Å². The summed E-state index contributed by atoms with van der Waals surface area (Å²) in [7, 11) is 0. The van der Waals surface area contributed by atoms with Gasteiger partial charge < -0.3 is 15.4 Å². The summed E-state index contributed by atoms with van der Waals surface area (Å²) in [5, 5.41) is 5.89. The molecule has 4 nitrogen and oxygen atoms in total. The minimum Gasteiger partial charge on any atom is -0.380 e. The van der Waals surface area contributed by atoms with Crippen LogP contribution in [0, 0.1) is 5.92 Å². The van der Waals surface area contributed by atoms with E-state index in [4.69, 9.17) is 4.74 Å². The molecule has 5 heteroatoms. The monoisotopic (exact) mass is 326 g/mol. The minimum absolute atomic E-state index is 0.0375. The SMILES string of the molecule is O=C(CNCCOCC1CC1)Nc1ccc(Br)cc1. The smallest absolute Gasteiger partial charge is 0.238 e. The van der Waals surface area contributed by atoms with Crippen LogP contribution in [-0.4, -0.2) is 32.2 Å². The average molecular weight is 327 g/mol. The number of benzene rings is 1. The maximum Gasteiger partial charge on any atom is 0.238 e. The van der Waals surface area contributed by atoms with E-state index in [0.29, 0.717) is 19.7 Å². The van der Waals surface area contributed by atoms with Gasteiger partial charge in [-0.1, -0.05) is 15.9 Å². The third-order valence-electron chi connectivity index (χ3n) is 2.89. The van der Waals surface area contributed by atoms with Crippen LogP contribution < -0.4 is 10.6 Å². The average Bonchev–Trinajstić information content (AvgIpc) is 3.20. The lowest BCUT2D eigenvalue weighted by Gasteiger charge is -2.07. The number of hydrogen-bond acceptors (Lipinski definition) is 3. The number of anilines is 1. The minimum atomic E-state index is -0.0375. The number of nitrogens with one attached hydrogen (secondary N) is 2. The van der Waals surface area contributed by atoms with Gasteiger partial charge in [0, 0.05) is 23.3 Å². The lowest BCUT2D eigenvalue weighted by molar-refractivity contribution is -0.115. The van der Waals surface area contributed by atoms with Crippen LogP contribution in [0.15, 0.2) is 28.7 Å². The number of halogens is 1. The predicted molar refractivity (Wildman–Crippen MR) is 79.2 cm³/mol. The van der Waals surface area contributed by atoms with Crippen molar-refractivity contribution < 1.29 is 9.53 Å². The van der Waals surface area contributed by atoms with E-state index in [1.54, 1.807) is 0 Å². The van der Waals surface area contributed by atoms with Crippen LogP contribution in [0.25, 0.3) is 0 Å². The third kappa shape index (κ3) is 6.18. The van der Waals surface area contributed by atoms with Crippen LogP contribution in [0.1, 0.15) is 12.8 Å². The van der Waals surface area contributed by atoms with E-state index in [2.05, 4.69) is 26.6 Å². The molecule has 0 aromatic heterocycles. The van der Waals surface area contributed by atoms with Crippen molar-refractivity contribution in [1.29, 1.82) is 0 Å². The maximum absolute atomic E-state index is 11.6. The molecule has 0 aliphatic heterocycles. The van der Waals surface area contributed by atoms with Gasteiger partial charge in [0.2, 0.25) is 5.91 Å². The van der Waals surface area contributed by atoms with Gasteiger partial charge in [0.15, 0.2) is 0 Å². The van der Waals surface area contributed by atoms with Crippen molar-refractivity contribution in [2.45, 2.75) is 12.8 Å². The predicted octanol–water partition coefficient (Wildman–Crippen LogP) is 2.40. The zero-order chi connectivity index (χ0) is 13.5. The zero-order valence-electron chi connectivity index (χ0n) is 10.8. The molecule has 1 saturated carbocycles. The first-order chi connectivity index (χ1) is 9.24. The van der Waals surface area contributed by atoms with Gasteiger partial charge in [-0.25, -0.2) is 0 Å². The molecule has 2 rings (SSSR count). The molecule has 1 aliphatic rings. The number of hydrogen-bond donors (Lipinski definition) is 2. The Hall–Kier alpha value is -0.910. The number of ether oxygens (including phenoxy) is 1. The van der Waals surface area contributed by atoms with Crippen molar-refractivity contribution in [2.75, 3.05) is 31.6 Å². The summed E-state index contributed by atoms with van der Waals surface area (Å²) >= 11 is 3.35. The fraction of sp³-hybridized carbons (Fsp3) is 0.500. The summed E-state index contributed by atoms with van der Waals surface area (Å²) in [6, 6.07) is 7.52. The standard InChI is InChI=1S/C14H19BrN2O2/c15-12-3-5-13(6-4-12)17-14(18)9-16-7-8-19-10-11-1-2-11/h3-6,11,16H,1-2,7-10H2,(H,17,18). The van der Waals surface area contributed by atoms with E-state index in [9.17, 15) is 4.79 Å². The molecule has 104 valence electrons. The van der Waals surface area contributed by atoms with Gasteiger partial charge in [0.05, 0.1) is 13.2 Å². The van der Waals surface area contributed by atoms with E-state index in [-0.39, 0.29) is 5.91 Å². The first-order valence-corrected chi connectivity index (χ1v) is 7.37. The van der Waals surface area contributed by atoms with Gasteiger partial charge in [0.1, 0.15) is 0 Å². The van der Waals surface area contributed by atoms with Crippen LogP contribution in [0.5, 0.6) is 0 Å². The quantitative estimate of drug-likeness (QED) is 0.721. The van der Waals surface area contributed by atoms with Crippen molar-refractivity contribution in [1.82, 2.24) is 5.32 Å². The summed E-state index contributed by atoms with van der Waals surface area (Å²) in [6.45, 7) is 2.55. The Morgan fingerprint density at radius 3 is 2.74 bits per heavy atom. The molecule has 0 spiro atoms. The molecule has 1 aromatic rings. The molecule has 1 fully saturated rings. The van der Waals surface area contributed by atoms with Crippen LogP contribution in [0.3, 0.4) is 0 Å². The van der Waals surface area contributed by atoms with Gasteiger partial charge in [-0.15, -0.1) is 0 Å². The Bertz CT molecular complexity index is 404. The second kappa shape index (κ2) is 7.62. The highest BCUT2D eigenvalue weighted by Crippen LogP contribution is 2.28. The highest BCUT2D eigenvalue weighted by molar-refractivity contribution is 9.10. The zero-order valence-corrected chi connectivity index (χ0v) is 12.4. The Kier molecular flexibility index (Phi) is 5.82. The largest absolute Gasteiger partial charge is 0.380 e. The highest BCUT2D eigenvalue weighted by atomic mass is 79.9. The van der Waals surface area contributed by atoms with Gasteiger partial charge in [-0.2, -0.15) is 0 Å². The molecule has 19 heavy (non-hydrogen) atoms. The molecule has 1 amide bonds. The van der Waals surface area contributed by atoms with Gasteiger partial charge in [0.25, 0.3) is 0 Å². The number of carbonyl (C=O) groups excluding carboxylic acids is 1. The molecular weight excluding hydrogens is 308 g/mol. The van der Waals surface area contributed by atoms with Crippen LogP contribution in [-0.2, 0) is 9.53 Å². The molecule has 2 N–H and O–H groups in total. The molecule has 0 bridgehead atoms. The summed E-state index contributed by atoms with van der Waals surface area (Å²) < 4.78 is 6.47. The van der Waals surface area contributed by atoms with E-state index in [0.717, 1.165) is 22.7 Å². The van der Waals surface area contributed by atoms with Gasteiger partial charge in [-0.05, 0) is 43.0 Å². The van der Waals surface area contributed by atoms with E-state index < -0.39 is 0 Å². The molecular formula is C14H19BrN2O2. The van der Waals surface area contributed by atoms with Crippen LogP contribution in [0.4, 0.5) is 5.69 Å². The van der Waals surface area contributed by atoms with E-state index in [1.165, 1.54) is 12.8 Å². The summed E-state index contributed by atoms with van der Waals surface area (Å²) in [5.41, 5.74) is 0.806. The van der Waals surface area contributed by atoms with Gasteiger partial charge in [-0.3, -0.25) is 4.79 Å². The Morgan fingerprint density at radius 2 is 2.05 bits per heavy atom. The molecule has 0 atom stereocenters. The number of amides is 1. The molecule has 1 aromatic carbocycles. The maximum atomic E-state index is 11.6. The summed E-state index contributed by atoms with van der Waals surface area (Å²) in [4.78, 5) is 11.6. The van der Waals surface area contributed by atoms with Crippen molar-refractivity contribution in [3.05, 3.63) is 28.7 Å². The number of rotatable bonds is 8. The normalized spacial score (nSPS) is 14.4. The molecule has 0 unspecified atom stereocenters. The second-order valence-electron chi connectivity index (χ2n) is 4.75. The van der Waals surface area contributed by atoms with E-state index in [1.807, 2.05) is 24.3 Å². The topological polar surface area (TPSA) is 50.4 Å². The van der Waals surface area contributed by atoms with Crippen molar-refractivity contribution in [2.24, 2.45) is 5.92 Å². The Balaban J connectivity index is 1.52. The first kappa shape index (κ1) is 14.5. The second-order valence-corrected chi connectivity index (χ2v) is 5.67. The fourth-order valence-corrected chi connectivity index (χ4v) is 1.88. The highest BCUT2D eigenvalue weighted by Gasteiger charge is 2.20. The fourth-order valence-electron chi connectivity index (χ4n) is 1.62. The van der Waals surface area contributed by atoms with Crippen molar-refractivity contribution in [3.8, 4) is 0 Å². The third-order valence-corrected chi connectivity index (χ3v) is 3.42. The summed E-state index contributed by atoms with van der Waals surface area (Å²) in [6.07, 6.45) is 2.62. The lowest BCUT2D eigenvalue weighted by Crippen LogP contribution is -2.30. The van der Waals surface area contributed by atoms with E-state index >= 15 is 0 Å². The Morgan fingerprint density at radius 1 is 1.32 bits per heavy atom. The molecule has 0 heterocycles. The Labute approximate surface area is 122 Å². The number of carbonyl (C=O) groups is 1. The lowest BCUT2D eigenvalue weighted by atomic mass is 10.3. The summed E-state index contributed by atoms with van der Waals surface area (Å²) in [5.74, 6) is 0.755. The van der Waals surface area contributed by atoms with Crippen molar-refractivity contribution in [3.63, 3.8) is 0 Å². The molecule has 1 aliphatic carbocycles. The van der Waals surface area contributed by atoms with Crippen molar-refractivity contribution >= 4 is 27.5 Å². The molecule has 0 saturated heterocycles.